The summed E-state index contributed by atoms with van der Waals surface area (Å²) in [5.74, 6) is -0.0217. The van der Waals surface area contributed by atoms with Crippen LogP contribution < -0.4 is 5.32 Å². The number of rotatable bonds is 8. The Kier molecular flexibility index (Phi) is 7.67. The molecular formula is C15H28N2O4. The van der Waals surface area contributed by atoms with Crippen LogP contribution in [-0.2, 0) is 9.59 Å². The summed E-state index contributed by atoms with van der Waals surface area (Å²) < 4.78 is 0. The molecule has 0 aliphatic carbocycles. The van der Waals surface area contributed by atoms with E-state index in [-0.39, 0.29) is 31.4 Å². The Hall–Kier alpha value is -1.14. The molecule has 1 heterocycles. The van der Waals surface area contributed by atoms with Gasteiger partial charge in [-0.15, -0.1) is 0 Å². The van der Waals surface area contributed by atoms with Crippen LogP contribution in [-0.4, -0.2) is 58.8 Å². The summed E-state index contributed by atoms with van der Waals surface area (Å²) in [5, 5.41) is 21.4. The van der Waals surface area contributed by atoms with Gasteiger partial charge in [0.1, 0.15) is 0 Å². The highest BCUT2D eigenvalue weighted by molar-refractivity contribution is 5.79. The second-order valence-electron chi connectivity index (χ2n) is 6.04. The van der Waals surface area contributed by atoms with Gasteiger partial charge in [-0.1, -0.05) is 6.42 Å². The van der Waals surface area contributed by atoms with Crippen LogP contribution in [0.25, 0.3) is 0 Å². The number of amides is 2. The number of carbonyl (C=O) groups is 2. The zero-order valence-electron chi connectivity index (χ0n) is 12.9. The number of nitrogens with zero attached hydrogens (tertiary/aromatic N) is 1. The molecule has 0 aromatic rings. The molecule has 0 bridgehead atoms. The Morgan fingerprint density at radius 1 is 1.38 bits per heavy atom. The van der Waals surface area contributed by atoms with Crippen LogP contribution in [0.2, 0.25) is 0 Å². The minimum absolute atomic E-state index is 0.0289. The molecule has 1 atom stereocenters. The summed E-state index contributed by atoms with van der Waals surface area (Å²) in [5.41, 5.74) is -1.00. The van der Waals surface area contributed by atoms with E-state index < -0.39 is 5.60 Å². The van der Waals surface area contributed by atoms with Crippen molar-refractivity contribution < 1.29 is 19.8 Å². The Morgan fingerprint density at radius 3 is 2.86 bits per heavy atom. The molecule has 1 saturated heterocycles. The molecule has 21 heavy (non-hydrogen) atoms. The number of nitrogens with one attached hydrogen (secondary N) is 1. The first-order chi connectivity index (χ1) is 9.94. The second kappa shape index (κ2) is 9.00. The Morgan fingerprint density at radius 2 is 2.14 bits per heavy atom. The molecule has 0 radical (unpaired) electrons. The fourth-order valence-corrected chi connectivity index (χ4v) is 2.44. The van der Waals surface area contributed by atoms with Gasteiger partial charge in [0.15, 0.2) is 0 Å². The van der Waals surface area contributed by atoms with E-state index in [0.29, 0.717) is 25.8 Å². The highest BCUT2D eigenvalue weighted by Crippen LogP contribution is 2.12. The maximum absolute atomic E-state index is 11.8. The number of aliphatic hydroxyl groups is 2. The zero-order chi connectivity index (χ0) is 15.7. The van der Waals surface area contributed by atoms with Crippen molar-refractivity contribution in [1.82, 2.24) is 10.2 Å². The predicted molar refractivity (Wildman–Crippen MR) is 79.6 cm³/mol. The maximum Gasteiger partial charge on any atom is 0.222 e. The Labute approximate surface area is 126 Å². The van der Waals surface area contributed by atoms with Gasteiger partial charge in [0, 0.05) is 39.1 Å². The molecule has 1 fully saturated rings. The lowest BCUT2D eigenvalue weighted by atomic mass is 10.0. The first kappa shape index (κ1) is 17.9. The lowest BCUT2D eigenvalue weighted by Gasteiger charge is -2.24. The summed E-state index contributed by atoms with van der Waals surface area (Å²) in [6.07, 6.45) is 4.81. The lowest BCUT2D eigenvalue weighted by Crippen LogP contribution is -2.42. The standard InChI is InChI=1S/C15H28N2O4/c1-15(21,8-5-11-18)12-16-13(19)7-10-17-9-4-2-3-6-14(17)20/h18,21H,2-12H2,1H3,(H,16,19)/t15-/m1/s1. The van der Waals surface area contributed by atoms with Gasteiger partial charge >= 0.3 is 0 Å². The lowest BCUT2D eigenvalue weighted by molar-refractivity contribution is -0.131. The van der Waals surface area contributed by atoms with Gasteiger partial charge < -0.3 is 20.4 Å². The average Bonchev–Trinajstić information content (AvgIpc) is 2.65. The van der Waals surface area contributed by atoms with Crippen LogP contribution in [0.15, 0.2) is 0 Å². The third-order valence-corrected chi connectivity index (χ3v) is 3.82. The van der Waals surface area contributed by atoms with Crippen molar-refractivity contribution in [3.8, 4) is 0 Å². The van der Waals surface area contributed by atoms with E-state index in [1.165, 1.54) is 0 Å². The van der Waals surface area contributed by atoms with Crippen LogP contribution in [0, 0.1) is 0 Å². The first-order valence-corrected chi connectivity index (χ1v) is 7.82. The van der Waals surface area contributed by atoms with Crippen molar-refractivity contribution >= 4 is 11.8 Å². The molecule has 3 N–H and O–H groups in total. The minimum atomic E-state index is -1.00. The van der Waals surface area contributed by atoms with Gasteiger partial charge in [0.05, 0.1) is 5.60 Å². The van der Waals surface area contributed by atoms with E-state index in [9.17, 15) is 14.7 Å². The van der Waals surface area contributed by atoms with Crippen LogP contribution in [0.1, 0.15) is 51.9 Å². The van der Waals surface area contributed by atoms with Crippen molar-refractivity contribution in [1.29, 1.82) is 0 Å². The molecule has 0 unspecified atom stereocenters. The number of likely N-dealkylation sites (tertiary alicyclic amines) is 1. The van der Waals surface area contributed by atoms with Gasteiger partial charge in [-0.2, -0.15) is 0 Å². The van der Waals surface area contributed by atoms with Crippen molar-refractivity contribution in [3.05, 3.63) is 0 Å². The van der Waals surface area contributed by atoms with Crippen molar-refractivity contribution in [3.63, 3.8) is 0 Å². The van der Waals surface area contributed by atoms with E-state index in [2.05, 4.69) is 5.32 Å². The largest absolute Gasteiger partial charge is 0.396 e. The highest BCUT2D eigenvalue weighted by Gasteiger charge is 2.21. The molecule has 6 heteroatoms. The van der Waals surface area contributed by atoms with Crippen molar-refractivity contribution in [2.45, 2.75) is 57.5 Å². The normalized spacial score (nSPS) is 19.0. The number of carbonyl (C=O) groups excluding carboxylic acids is 2. The smallest absolute Gasteiger partial charge is 0.222 e. The Bertz CT molecular complexity index is 345. The molecule has 122 valence electrons. The molecule has 0 spiro atoms. The topological polar surface area (TPSA) is 89.9 Å². The molecule has 0 saturated carbocycles. The summed E-state index contributed by atoms with van der Waals surface area (Å²) in [6, 6.07) is 0. The van der Waals surface area contributed by atoms with E-state index in [1.54, 1.807) is 11.8 Å². The maximum atomic E-state index is 11.8. The number of hydrogen-bond acceptors (Lipinski definition) is 4. The van der Waals surface area contributed by atoms with Crippen LogP contribution in [0.4, 0.5) is 0 Å². The van der Waals surface area contributed by atoms with Crippen molar-refractivity contribution in [2.24, 2.45) is 0 Å². The molecule has 6 nitrogen and oxygen atoms in total. The number of hydrogen-bond donors (Lipinski definition) is 3. The highest BCUT2D eigenvalue weighted by atomic mass is 16.3. The minimum Gasteiger partial charge on any atom is -0.396 e. The summed E-state index contributed by atoms with van der Waals surface area (Å²) in [6.45, 7) is 3.02. The fourth-order valence-electron chi connectivity index (χ4n) is 2.44. The van der Waals surface area contributed by atoms with Crippen molar-refractivity contribution in [2.75, 3.05) is 26.2 Å². The molecule has 0 aromatic heterocycles. The summed E-state index contributed by atoms with van der Waals surface area (Å²) >= 11 is 0. The van der Waals surface area contributed by atoms with Crippen LogP contribution in [0.3, 0.4) is 0 Å². The van der Waals surface area contributed by atoms with Gasteiger partial charge in [0.2, 0.25) is 11.8 Å². The molecule has 0 aromatic carbocycles. The van der Waals surface area contributed by atoms with E-state index in [4.69, 9.17) is 5.11 Å². The molecule has 1 aliphatic heterocycles. The van der Waals surface area contributed by atoms with Crippen LogP contribution >= 0.6 is 0 Å². The van der Waals surface area contributed by atoms with Crippen LogP contribution in [0.5, 0.6) is 0 Å². The van der Waals surface area contributed by atoms with E-state index in [1.807, 2.05) is 0 Å². The predicted octanol–water partition coefficient (Wildman–Crippen LogP) is 0.419. The third-order valence-electron chi connectivity index (χ3n) is 3.82. The van der Waals surface area contributed by atoms with Gasteiger partial charge in [0.25, 0.3) is 0 Å². The van der Waals surface area contributed by atoms with Gasteiger partial charge in [-0.05, 0) is 32.6 Å². The second-order valence-corrected chi connectivity index (χ2v) is 6.04. The molecule has 2 amide bonds. The molecule has 1 rings (SSSR count). The quantitative estimate of drug-likeness (QED) is 0.606. The van der Waals surface area contributed by atoms with E-state index in [0.717, 1.165) is 25.8 Å². The summed E-state index contributed by atoms with van der Waals surface area (Å²) in [4.78, 5) is 25.3. The SMILES string of the molecule is C[C@@](O)(CCCO)CNC(=O)CCN1CCCCCC1=O. The number of aliphatic hydroxyl groups excluding tert-OH is 1. The fraction of sp³-hybridized carbons (Fsp3) is 0.867. The average molecular weight is 300 g/mol. The van der Waals surface area contributed by atoms with E-state index >= 15 is 0 Å². The Balaban J connectivity index is 2.25. The van der Waals surface area contributed by atoms with Gasteiger partial charge in [-0.3, -0.25) is 9.59 Å². The third kappa shape index (κ3) is 7.43. The molecular weight excluding hydrogens is 272 g/mol. The summed E-state index contributed by atoms with van der Waals surface area (Å²) in [7, 11) is 0. The molecule has 1 aliphatic rings. The first-order valence-electron chi connectivity index (χ1n) is 7.82. The monoisotopic (exact) mass is 300 g/mol. The van der Waals surface area contributed by atoms with Gasteiger partial charge in [-0.25, -0.2) is 0 Å². The zero-order valence-corrected chi connectivity index (χ0v) is 12.9.